The number of carbonyl (C=O) groups excluding carboxylic acids is 1. The van der Waals surface area contributed by atoms with Gasteiger partial charge in [0.15, 0.2) is 0 Å². The summed E-state index contributed by atoms with van der Waals surface area (Å²) in [6, 6.07) is 4.20. The maximum Gasteiger partial charge on any atom is 0.275 e. The van der Waals surface area contributed by atoms with Crippen molar-refractivity contribution in [3.63, 3.8) is 0 Å². The molecule has 0 saturated heterocycles. The number of nitrogens with zero attached hydrogens (tertiary/aromatic N) is 3. The monoisotopic (exact) mass is 294 g/mol. The molecule has 20 heavy (non-hydrogen) atoms. The number of nitro groups is 1. The maximum atomic E-state index is 12.1. The van der Waals surface area contributed by atoms with Gasteiger partial charge in [-0.15, -0.1) is 0 Å². The third-order valence-corrected chi connectivity index (χ3v) is 3.05. The molecule has 2 aromatic rings. The molecule has 0 aliphatic carbocycles. The first-order chi connectivity index (χ1) is 9.40. The van der Waals surface area contributed by atoms with Crippen LogP contribution in [0.2, 0.25) is 5.02 Å². The molecule has 1 aromatic carbocycles. The second-order valence-corrected chi connectivity index (χ2v) is 4.58. The Labute approximate surface area is 119 Å². The minimum absolute atomic E-state index is 0.0286. The van der Waals surface area contributed by atoms with Gasteiger partial charge in [0.2, 0.25) is 0 Å². The number of halogens is 1. The van der Waals surface area contributed by atoms with Crippen molar-refractivity contribution < 1.29 is 9.72 Å². The van der Waals surface area contributed by atoms with Gasteiger partial charge in [0.1, 0.15) is 5.69 Å². The molecule has 0 bridgehead atoms. The molecule has 0 aliphatic heterocycles. The second kappa shape index (κ2) is 5.30. The summed E-state index contributed by atoms with van der Waals surface area (Å²) >= 11 is 5.88. The van der Waals surface area contributed by atoms with Crippen LogP contribution in [0.1, 0.15) is 16.1 Å². The molecule has 1 aromatic heterocycles. The molecular weight excluding hydrogens is 284 g/mol. The molecule has 7 nitrogen and oxygen atoms in total. The molecule has 0 aliphatic rings. The Hall–Kier alpha value is -2.41. The molecule has 0 spiro atoms. The Bertz CT molecular complexity index is 677. The zero-order valence-corrected chi connectivity index (χ0v) is 11.5. The van der Waals surface area contributed by atoms with Crippen LogP contribution in [0.5, 0.6) is 0 Å². The van der Waals surface area contributed by atoms with Crippen LogP contribution in [-0.2, 0) is 7.05 Å². The van der Waals surface area contributed by atoms with Gasteiger partial charge in [0, 0.05) is 24.9 Å². The van der Waals surface area contributed by atoms with Gasteiger partial charge in [-0.2, -0.15) is 5.10 Å². The van der Waals surface area contributed by atoms with Crippen LogP contribution in [0.25, 0.3) is 0 Å². The molecule has 8 heteroatoms. The summed E-state index contributed by atoms with van der Waals surface area (Å²) < 4.78 is 1.36. The number of hydrogen-bond acceptors (Lipinski definition) is 4. The summed E-state index contributed by atoms with van der Waals surface area (Å²) in [6.07, 6.45) is 1.37. The maximum absolute atomic E-state index is 12.1. The number of benzene rings is 1. The van der Waals surface area contributed by atoms with Crippen molar-refractivity contribution in [1.82, 2.24) is 9.78 Å². The highest BCUT2D eigenvalue weighted by molar-refractivity contribution is 6.34. The Kier molecular flexibility index (Phi) is 3.71. The lowest BCUT2D eigenvalue weighted by atomic mass is 10.1. The number of rotatable bonds is 3. The molecule has 0 fully saturated rings. The van der Waals surface area contributed by atoms with Crippen LogP contribution in [-0.4, -0.2) is 20.6 Å². The largest absolute Gasteiger partial charge is 0.320 e. The van der Waals surface area contributed by atoms with Crippen LogP contribution in [0.3, 0.4) is 0 Å². The summed E-state index contributed by atoms with van der Waals surface area (Å²) in [5, 5.41) is 17.4. The smallest absolute Gasteiger partial charge is 0.275 e. The van der Waals surface area contributed by atoms with Crippen molar-refractivity contribution in [3.05, 3.63) is 50.8 Å². The lowest BCUT2D eigenvalue weighted by Crippen LogP contribution is -2.17. The molecule has 0 radical (unpaired) electrons. The van der Waals surface area contributed by atoms with E-state index in [4.69, 9.17) is 11.6 Å². The number of anilines is 1. The van der Waals surface area contributed by atoms with Gasteiger partial charge in [-0.3, -0.25) is 19.6 Å². The van der Waals surface area contributed by atoms with E-state index in [1.807, 2.05) is 0 Å². The van der Waals surface area contributed by atoms with Gasteiger partial charge in [-0.1, -0.05) is 11.6 Å². The van der Waals surface area contributed by atoms with E-state index < -0.39 is 10.8 Å². The highest BCUT2D eigenvalue weighted by Gasteiger charge is 2.17. The van der Waals surface area contributed by atoms with Crippen LogP contribution in [0, 0.1) is 17.0 Å². The van der Waals surface area contributed by atoms with Crippen molar-refractivity contribution >= 4 is 28.9 Å². The predicted molar refractivity (Wildman–Crippen MR) is 74.0 cm³/mol. The summed E-state index contributed by atoms with van der Waals surface area (Å²) in [5.74, 6) is -0.424. The van der Waals surface area contributed by atoms with Gasteiger partial charge in [0.25, 0.3) is 11.6 Å². The van der Waals surface area contributed by atoms with E-state index in [0.29, 0.717) is 11.3 Å². The highest BCUT2D eigenvalue weighted by Crippen LogP contribution is 2.23. The molecule has 1 heterocycles. The first kappa shape index (κ1) is 14.0. The molecule has 2 rings (SSSR count). The Morgan fingerprint density at radius 2 is 2.20 bits per heavy atom. The van der Waals surface area contributed by atoms with Crippen molar-refractivity contribution in [2.24, 2.45) is 7.05 Å². The third kappa shape index (κ3) is 2.62. The summed E-state index contributed by atoms with van der Waals surface area (Å²) in [4.78, 5) is 22.3. The van der Waals surface area contributed by atoms with Gasteiger partial charge in [-0.25, -0.2) is 0 Å². The minimum Gasteiger partial charge on any atom is -0.320 e. The van der Waals surface area contributed by atoms with E-state index in [1.165, 1.54) is 29.1 Å². The Balaban J connectivity index is 2.27. The van der Waals surface area contributed by atoms with Crippen molar-refractivity contribution in [1.29, 1.82) is 0 Å². The van der Waals surface area contributed by atoms with Gasteiger partial charge < -0.3 is 5.32 Å². The normalized spacial score (nSPS) is 10.3. The highest BCUT2D eigenvalue weighted by atomic mass is 35.5. The fourth-order valence-corrected chi connectivity index (χ4v) is 2.00. The fraction of sp³-hybridized carbons (Fsp3) is 0.167. The number of carbonyl (C=O) groups is 1. The Morgan fingerprint density at radius 3 is 2.70 bits per heavy atom. The van der Waals surface area contributed by atoms with Crippen LogP contribution < -0.4 is 5.32 Å². The van der Waals surface area contributed by atoms with E-state index in [-0.39, 0.29) is 16.4 Å². The van der Waals surface area contributed by atoms with E-state index in [2.05, 4.69) is 10.4 Å². The van der Waals surface area contributed by atoms with Crippen LogP contribution in [0.4, 0.5) is 11.4 Å². The molecule has 0 atom stereocenters. The lowest BCUT2D eigenvalue weighted by molar-refractivity contribution is -0.384. The zero-order valence-electron chi connectivity index (χ0n) is 10.8. The summed E-state index contributed by atoms with van der Waals surface area (Å²) in [6.45, 7) is 1.67. The van der Waals surface area contributed by atoms with E-state index in [0.717, 1.165) is 0 Å². The minimum atomic E-state index is -0.489. The molecule has 0 unspecified atom stereocenters. The number of nitrogens with one attached hydrogen (secondary N) is 1. The van der Waals surface area contributed by atoms with Crippen LogP contribution in [0.15, 0.2) is 24.4 Å². The quantitative estimate of drug-likeness (QED) is 0.695. The second-order valence-electron chi connectivity index (χ2n) is 4.18. The third-order valence-electron chi connectivity index (χ3n) is 2.78. The van der Waals surface area contributed by atoms with Crippen molar-refractivity contribution in [2.45, 2.75) is 6.92 Å². The lowest BCUT2D eigenvalue weighted by Gasteiger charge is -2.08. The number of aryl methyl sites for hydroxylation is 2. The summed E-state index contributed by atoms with van der Waals surface area (Å²) in [7, 11) is 1.60. The van der Waals surface area contributed by atoms with Gasteiger partial charge in [-0.05, 0) is 18.6 Å². The molecule has 104 valence electrons. The number of amides is 1. The van der Waals surface area contributed by atoms with Gasteiger partial charge >= 0.3 is 0 Å². The topological polar surface area (TPSA) is 90.1 Å². The summed E-state index contributed by atoms with van der Waals surface area (Å²) in [5.41, 5.74) is 1.27. The number of nitro benzene ring substituents is 1. The predicted octanol–water partition coefficient (Wildman–Crippen LogP) is 2.54. The van der Waals surface area contributed by atoms with Crippen molar-refractivity contribution in [3.8, 4) is 0 Å². The van der Waals surface area contributed by atoms with E-state index >= 15 is 0 Å². The molecular formula is C12H11ClN4O3. The Morgan fingerprint density at radius 1 is 1.50 bits per heavy atom. The first-order valence-electron chi connectivity index (χ1n) is 5.64. The van der Waals surface area contributed by atoms with E-state index in [9.17, 15) is 14.9 Å². The molecule has 1 N–H and O–H groups in total. The van der Waals surface area contributed by atoms with Gasteiger partial charge in [0.05, 0.1) is 16.1 Å². The SMILES string of the molecule is Cc1cc([N+](=O)[O-])ccc1NC(=O)c1c(Cl)cnn1C. The number of hydrogen-bond donors (Lipinski definition) is 1. The van der Waals surface area contributed by atoms with Crippen LogP contribution >= 0.6 is 11.6 Å². The zero-order chi connectivity index (χ0) is 14.9. The molecule has 1 amide bonds. The number of aromatic nitrogens is 2. The fourth-order valence-electron chi connectivity index (χ4n) is 1.75. The van der Waals surface area contributed by atoms with E-state index in [1.54, 1.807) is 14.0 Å². The average Bonchev–Trinajstić information content (AvgIpc) is 2.71. The number of non-ortho nitro benzene ring substituents is 1. The molecule has 0 saturated carbocycles. The first-order valence-corrected chi connectivity index (χ1v) is 6.02. The average molecular weight is 295 g/mol. The van der Waals surface area contributed by atoms with Crippen molar-refractivity contribution in [2.75, 3.05) is 5.32 Å². The standard InChI is InChI=1S/C12H11ClN4O3/c1-7-5-8(17(19)20)3-4-10(7)15-12(18)11-9(13)6-14-16(11)2/h3-6H,1-2H3,(H,15,18).